The highest BCUT2D eigenvalue weighted by molar-refractivity contribution is 6.09. The van der Waals surface area contributed by atoms with Crippen molar-refractivity contribution in [2.24, 2.45) is 0 Å². The normalized spacial score (nSPS) is 17.9. The van der Waals surface area contributed by atoms with Crippen LogP contribution in [0.2, 0.25) is 0 Å². The molecular formula is C14H16N2O4. The summed E-state index contributed by atoms with van der Waals surface area (Å²) in [6, 6.07) is 4.59. The molecule has 0 radical (unpaired) electrons. The summed E-state index contributed by atoms with van der Waals surface area (Å²) in [6.07, 6.45) is 0. The van der Waals surface area contributed by atoms with Crippen molar-refractivity contribution in [1.29, 1.82) is 0 Å². The zero-order chi connectivity index (χ0) is 15.1. The van der Waals surface area contributed by atoms with Gasteiger partial charge in [0.2, 0.25) is 5.91 Å². The Labute approximate surface area is 116 Å². The van der Waals surface area contributed by atoms with E-state index in [0.717, 1.165) is 0 Å². The van der Waals surface area contributed by atoms with Crippen LogP contribution in [-0.2, 0) is 9.59 Å². The summed E-state index contributed by atoms with van der Waals surface area (Å²) in [4.78, 5) is 37.1. The van der Waals surface area contributed by atoms with Gasteiger partial charge < -0.3 is 10.0 Å². The molecule has 0 aliphatic carbocycles. The van der Waals surface area contributed by atoms with E-state index < -0.39 is 23.3 Å². The molecule has 2 rings (SSSR count). The van der Waals surface area contributed by atoms with E-state index in [0.29, 0.717) is 5.56 Å². The molecule has 0 atom stereocenters. The Morgan fingerprint density at radius 2 is 2.00 bits per heavy atom. The Morgan fingerprint density at radius 1 is 1.35 bits per heavy atom. The van der Waals surface area contributed by atoms with E-state index in [9.17, 15) is 19.5 Å². The van der Waals surface area contributed by atoms with Crippen LogP contribution >= 0.6 is 0 Å². The van der Waals surface area contributed by atoms with Gasteiger partial charge in [-0.3, -0.25) is 19.7 Å². The van der Waals surface area contributed by atoms with Gasteiger partial charge in [0, 0.05) is 11.1 Å². The summed E-state index contributed by atoms with van der Waals surface area (Å²) in [6.45, 7) is 4.57. The number of carbonyl (C=O) groups excluding carboxylic acids is 3. The van der Waals surface area contributed by atoms with Gasteiger partial charge in [-0.1, -0.05) is 6.07 Å². The molecule has 0 aromatic heterocycles. The minimum absolute atomic E-state index is 0.00134. The van der Waals surface area contributed by atoms with Gasteiger partial charge in [0.1, 0.15) is 17.8 Å². The predicted octanol–water partition coefficient (Wildman–Crippen LogP) is 0.578. The van der Waals surface area contributed by atoms with Crippen LogP contribution in [0.5, 0.6) is 5.75 Å². The molecular weight excluding hydrogens is 260 g/mol. The number of imide groups is 1. The Kier molecular flexibility index (Phi) is 3.25. The highest BCUT2D eigenvalue weighted by Gasteiger charge is 2.44. The van der Waals surface area contributed by atoms with Crippen molar-refractivity contribution < 1.29 is 19.5 Å². The van der Waals surface area contributed by atoms with E-state index in [4.69, 9.17) is 0 Å². The fourth-order valence-electron chi connectivity index (χ4n) is 2.11. The monoisotopic (exact) mass is 276 g/mol. The average molecular weight is 276 g/mol. The molecule has 106 valence electrons. The fraction of sp³-hybridized carbons (Fsp3) is 0.357. The summed E-state index contributed by atoms with van der Waals surface area (Å²) in [5.41, 5.74) is -0.421. The van der Waals surface area contributed by atoms with Crippen molar-refractivity contribution in [1.82, 2.24) is 10.2 Å². The maximum absolute atomic E-state index is 12.6. The lowest BCUT2D eigenvalue weighted by molar-refractivity contribution is -0.143. The van der Waals surface area contributed by atoms with Gasteiger partial charge in [-0.05, 0) is 32.9 Å². The van der Waals surface area contributed by atoms with E-state index in [1.54, 1.807) is 32.9 Å². The lowest BCUT2D eigenvalue weighted by Gasteiger charge is -2.40. The zero-order valence-corrected chi connectivity index (χ0v) is 11.6. The molecule has 6 heteroatoms. The molecule has 1 aliphatic heterocycles. The standard InChI is InChI=1S/C14H16N2O4/c1-8-9(5-4-6-10(8)17)12(19)16-7-11(18)15-13(20)14(16,2)3/h4-6,17H,7H2,1-3H3,(H,15,18,20). The van der Waals surface area contributed by atoms with Crippen LogP contribution in [0.3, 0.4) is 0 Å². The third kappa shape index (κ3) is 2.13. The number of nitrogens with zero attached hydrogens (tertiary/aromatic N) is 1. The van der Waals surface area contributed by atoms with Crippen molar-refractivity contribution in [3.05, 3.63) is 29.3 Å². The van der Waals surface area contributed by atoms with Gasteiger partial charge in [-0.15, -0.1) is 0 Å². The molecule has 20 heavy (non-hydrogen) atoms. The fourth-order valence-corrected chi connectivity index (χ4v) is 2.11. The SMILES string of the molecule is Cc1c(O)cccc1C(=O)N1CC(=O)NC(=O)C1(C)C. The molecule has 0 unspecified atom stereocenters. The summed E-state index contributed by atoms with van der Waals surface area (Å²) >= 11 is 0. The number of rotatable bonds is 1. The predicted molar refractivity (Wildman–Crippen MR) is 71.1 cm³/mol. The number of carbonyl (C=O) groups is 3. The first-order chi connectivity index (χ1) is 9.25. The van der Waals surface area contributed by atoms with Gasteiger partial charge in [0.25, 0.3) is 11.8 Å². The largest absolute Gasteiger partial charge is 0.508 e. The second-order valence-corrected chi connectivity index (χ2v) is 5.28. The smallest absolute Gasteiger partial charge is 0.255 e. The maximum atomic E-state index is 12.6. The highest BCUT2D eigenvalue weighted by Crippen LogP contribution is 2.25. The molecule has 1 aromatic carbocycles. The molecule has 2 N–H and O–H groups in total. The minimum Gasteiger partial charge on any atom is -0.508 e. The number of benzene rings is 1. The van der Waals surface area contributed by atoms with Crippen LogP contribution in [0.15, 0.2) is 18.2 Å². The summed E-state index contributed by atoms with van der Waals surface area (Å²) in [5.74, 6) is -1.48. The Morgan fingerprint density at radius 3 is 2.65 bits per heavy atom. The first kappa shape index (κ1) is 14.0. The molecule has 6 nitrogen and oxygen atoms in total. The molecule has 1 heterocycles. The second kappa shape index (κ2) is 4.63. The van der Waals surface area contributed by atoms with E-state index in [1.165, 1.54) is 11.0 Å². The number of phenolic OH excluding ortho intramolecular Hbond substituents is 1. The summed E-state index contributed by atoms with van der Waals surface area (Å²) in [7, 11) is 0. The van der Waals surface area contributed by atoms with Gasteiger partial charge in [0.15, 0.2) is 0 Å². The molecule has 1 aromatic rings. The van der Waals surface area contributed by atoms with E-state index >= 15 is 0 Å². The van der Waals surface area contributed by atoms with Crippen LogP contribution in [0.1, 0.15) is 29.8 Å². The van der Waals surface area contributed by atoms with Crippen molar-refractivity contribution in [2.45, 2.75) is 26.3 Å². The lowest BCUT2D eigenvalue weighted by Crippen LogP contribution is -2.65. The highest BCUT2D eigenvalue weighted by atomic mass is 16.3. The number of hydrogen-bond donors (Lipinski definition) is 2. The number of piperazine rings is 1. The maximum Gasteiger partial charge on any atom is 0.255 e. The quantitative estimate of drug-likeness (QED) is 0.734. The molecule has 1 aliphatic rings. The number of aromatic hydroxyl groups is 1. The summed E-state index contributed by atoms with van der Waals surface area (Å²) < 4.78 is 0. The van der Waals surface area contributed by atoms with Crippen molar-refractivity contribution in [2.75, 3.05) is 6.54 Å². The zero-order valence-electron chi connectivity index (χ0n) is 11.6. The first-order valence-corrected chi connectivity index (χ1v) is 6.20. The van der Waals surface area contributed by atoms with Crippen molar-refractivity contribution in [3.63, 3.8) is 0 Å². The van der Waals surface area contributed by atoms with Crippen LogP contribution in [0, 0.1) is 6.92 Å². The second-order valence-electron chi connectivity index (χ2n) is 5.28. The summed E-state index contributed by atoms with van der Waals surface area (Å²) in [5, 5.41) is 11.9. The van der Waals surface area contributed by atoms with Crippen LogP contribution in [0.4, 0.5) is 0 Å². The molecule has 3 amide bonds. The van der Waals surface area contributed by atoms with Gasteiger partial charge >= 0.3 is 0 Å². The molecule has 0 bridgehead atoms. The van der Waals surface area contributed by atoms with Crippen LogP contribution in [-0.4, -0.2) is 39.8 Å². The van der Waals surface area contributed by atoms with Crippen LogP contribution in [0.25, 0.3) is 0 Å². The lowest BCUT2D eigenvalue weighted by atomic mass is 9.96. The Hall–Kier alpha value is -2.37. The Bertz CT molecular complexity index is 607. The topological polar surface area (TPSA) is 86.7 Å². The molecule has 1 saturated heterocycles. The first-order valence-electron chi connectivity index (χ1n) is 6.20. The number of nitrogens with one attached hydrogen (secondary N) is 1. The minimum atomic E-state index is -1.12. The third-order valence-electron chi connectivity index (χ3n) is 3.57. The average Bonchev–Trinajstić information content (AvgIpc) is 2.37. The van der Waals surface area contributed by atoms with Crippen molar-refractivity contribution in [3.8, 4) is 5.75 Å². The van der Waals surface area contributed by atoms with Gasteiger partial charge in [0.05, 0.1) is 0 Å². The van der Waals surface area contributed by atoms with E-state index in [-0.39, 0.29) is 17.9 Å². The van der Waals surface area contributed by atoms with Gasteiger partial charge in [-0.25, -0.2) is 0 Å². The molecule has 0 saturated carbocycles. The number of hydrogen-bond acceptors (Lipinski definition) is 4. The van der Waals surface area contributed by atoms with Crippen LogP contribution < -0.4 is 5.32 Å². The van der Waals surface area contributed by atoms with E-state index in [2.05, 4.69) is 5.32 Å². The van der Waals surface area contributed by atoms with E-state index in [1.807, 2.05) is 0 Å². The molecule has 0 spiro atoms. The Balaban J connectivity index is 2.43. The number of phenols is 1. The van der Waals surface area contributed by atoms with Gasteiger partial charge in [-0.2, -0.15) is 0 Å². The third-order valence-corrected chi connectivity index (χ3v) is 3.57. The molecule has 1 fully saturated rings. The number of amides is 3. The van der Waals surface area contributed by atoms with Crippen molar-refractivity contribution >= 4 is 17.7 Å².